The maximum Gasteiger partial charge on any atom is 0.252 e. The van der Waals surface area contributed by atoms with E-state index in [1.54, 1.807) is 18.3 Å². The highest BCUT2D eigenvalue weighted by molar-refractivity contribution is 5.97. The van der Waals surface area contributed by atoms with Gasteiger partial charge in [-0.2, -0.15) is 0 Å². The molecule has 0 unspecified atom stereocenters. The average molecular weight is 234 g/mol. The maximum absolute atomic E-state index is 11.3. The van der Waals surface area contributed by atoms with Crippen LogP contribution in [0.2, 0.25) is 0 Å². The molecule has 0 bridgehead atoms. The number of hydrogen-bond donors (Lipinski definition) is 3. The summed E-state index contributed by atoms with van der Waals surface area (Å²) in [6.45, 7) is 0. The van der Waals surface area contributed by atoms with E-state index in [0.717, 1.165) is 19.3 Å². The fourth-order valence-electron chi connectivity index (χ4n) is 2.23. The first-order chi connectivity index (χ1) is 8.18. The van der Waals surface area contributed by atoms with Gasteiger partial charge in [-0.05, 0) is 25.0 Å². The van der Waals surface area contributed by atoms with Crippen LogP contribution in [0.15, 0.2) is 18.3 Å². The van der Waals surface area contributed by atoms with Gasteiger partial charge in [0, 0.05) is 18.3 Å². The lowest BCUT2D eigenvalue weighted by atomic mass is 9.91. The van der Waals surface area contributed by atoms with E-state index in [0.29, 0.717) is 11.4 Å². The molecule has 0 spiro atoms. The summed E-state index contributed by atoms with van der Waals surface area (Å²) in [5.74, 6) is 0.0762. The Kier molecular flexibility index (Phi) is 3.58. The number of hydrogen-bond acceptors (Lipinski definition) is 4. The number of nitrogens with two attached hydrogens (primary N) is 2. The van der Waals surface area contributed by atoms with Crippen LogP contribution >= 0.6 is 0 Å². The van der Waals surface area contributed by atoms with Crippen molar-refractivity contribution >= 4 is 11.7 Å². The third kappa shape index (κ3) is 2.74. The minimum Gasteiger partial charge on any atom is -0.365 e. The van der Waals surface area contributed by atoms with Gasteiger partial charge < -0.3 is 16.8 Å². The Morgan fingerprint density at radius 3 is 2.88 bits per heavy atom. The number of nitrogens with one attached hydrogen (secondary N) is 1. The molecule has 1 heterocycles. The molecule has 0 saturated heterocycles. The van der Waals surface area contributed by atoms with Crippen LogP contribution in [0.4, 0.5) is 5.82 Å². The SMILES string of the molecule is NC(=O)c1cccnc1N[C@@H]1CCCC[C@@H]1N. The second kappa shape index (κ2) is 5.14. The molecule has 0 aromatic carbocycles. The molecular weight excluding hydrogens is 216 g/mol. The summed E-state index contributed by atoms with van der Waals surface area (Å²) in [5.41, 5.74) is 11.8. The van der Waals surface area contributed by atoms with Gasteiger partial charge in [0.25, 0.3) is 5.91 Å². The molecule has 0 radical (unpaired) electrons. The Labute approximate surface area is 101 Å². The molecule has 5 nitrogen and oxygen atoms in total. The third-order valence-corrected chi connectivity index (χ3v) is 3.21. The number of aromatic nitrogens is 1. The molecule has 0 aliphatic heterocycles. The van der Waals surface area contributed by atoms with Gasteiger partial charge in [-0.25, -0.2) is 4.98 Å². The second-order valence-corrected chi connectivity index (χ2v) is 4.46. The zero-order valence-corrected chi connectivity index (χ0v) is 9.73. The van der Waals surface area contributed by atoms with Crippen LogP contribution in [0.5, 0.6) is 0 Å². The third-order valence-electron chi connectivity index (χ3n) is 3.21. The van der Waals surface area contributed by atoms with Gasteiger partial charge >= 0.3 is 0 Å². The van der Waals surface area contributed by atoms with Crippen LogP contribution in [-0.4, -0.2) is 23.0 Å². The Morgan fingerprint density at radius 1 is 1.41 bits per heavy atom. The topological polar surface area (TPSA) is 94.0 Å². The molecule has 1 aromatic rings. The normalized spacial score (nSPS) is 24.3. The molecular formula is C12H18N4O. The number of nitrogens with zero attached hydrogens (tertiary/aromatic N) is 1. The van der Waals surface area contributed by atoms with Crippen molar-refractivity contribution in [3.05, 3.63) is 23.9 Å². The number of anilines is 1. The molecule has 2 rings (SSSR count). The second-order valence-electron chi connectivity index (χ2n) is 4.46. The summed E-state index contributed by atoms with van der Waals surface area (Å²) in [7, 11) is 0. The molecule has 2 atom stereocenters. The Balaban J connectivity index is 2.14. The lowest BCUT2D eigenvalue weighted by molar-refractivity contribution is 0.100. The highest BCUT2D eigenvalue weighted by Gasteiger charge is 2.23. The van der Waals surface area contributed by atoms with Crippen molar-refractivity contribution < 1.29 is 4.79 Å². The first kappa shape index (κ1) is 11.9. The molecule has 1 aliphatic carbocycles. The van der Waals surface area contributed by atoms with Gasteiger partial charge in [0.1, 0.15) is 5.82 Å². The van der Waals surface area contributed by atoms with E-state index >= 15 is 0 Å². The van der Waals surface area contributed by atoms with Gasteiger partial charge in [-0.3, -0.25) is 4.79 Å². The number of rotatable bonds is 3. The molecule has 1 aliphatic rings. The van der Waals surface area contributed by atoms with Crippen LogP contribution in [0.25, 0.3) is 0 Å². The predicted molar refractivity (Wildman–Crippen MR) is 66.6 cm³/mol. The van der Waals surface area contributed by atoms with E-state index in [2.05, 4.69) is 10.3 Å². The zero-order valence-electron chi connectivity index (χ0n) is 9.73. The van der Waals surface area contributed by atoms with Gasteiger partial charge in [0.05, 0.1) is 5.56 Å². The van der Waals surface area contributed by atoms with Crippen molar-refractivity contribution in [2.75, 3.05) is 5.32 Å². The van der Waals surface area contributed by atoms with E-state index < -0.39 is 5.91 Å². The van der Waals surface area contributed by atoms with Crippen molar-refractivity contribution in [1.82, 2.24) is 4.98 Å². The molecule has 1 fully saturated rings. The van der Waals surface area contributed by atoms with Crippen LogP contribution in [0.3, 0.4) is 0 Å². The molecule has 92 valence electrons. The summed E-state index contributed by atoms with van der Waals surface area (Å²) in [6, 6.07) is 3.67. The molecule has 1 aromatic heterocycles. The van der Waals surface area contributed by atoms with E-state index in [1.165, 1.54) is 6.42 Å². The van der Waals surface area contributed by atoms with E-state index in [-0.39, 0.29) is 12.1 Å². The maximum atomic E-state index is 11.3. The zero-order chi connectivity index (χ0) is 12.3. The molecule has 5 N–H and O–H groups in total. The fraction of sp³-hybridized carbons (Fsp3) is 0.500. The lowest BCUT2D eigenvalue weighted by Gasteiger charge is -2.30. The minimum atomic E-state index is -0.468. The standard InChI is InChI=1S/C12H18N4O/c13-9-5-1-2-6-10(9)16-12-8(11(14)17)4-3-7-15-12/h3-4,7,9-10H,1-2,5-6,13H2,(H2,14,17)(H,15,16)/t9-,10+/m0/s1. The van der Waals surface area contributed by atoms with Gasteiger partial charge in [-0.1, -0.05) is 12.8 Å². The largest absolute Gasteiger partial charge is 0.365 e. The fourth-order valence-corrected chi connectivity index (χ4v) is 2.23. The number of pyridine rings is 1. The summed E-state index contributed by atoms with van der Waals surface area (Å²) in [5, 5.41) is 3.24. The smallest absolute Gasteiger partial charge is 0.252 e. The monoisotopic (exact) mass is 234 g/mol. The lowest BCUT2D eigenvalue weighted by Crippen LogP contribution is -2.43. The molecule has 1 saturated carbocycles. The van der Waals surface area contributed by atoms with Crippen LogP contribution < -0.4 is 16.8 Å². The van der Waals surface area contributed by atoms with E-state index in [9.17, 15) is 4.79 Å². The Hall–Kier alpha value is -1.62. The first-order valence-corrected chi connectivity index (χ1v) is 5.95. The van der Waals surface area contributed by atoms with Gasteiger partial charge in [0.2, 0.25) is 0 Å². The Bertz CT molecular complexity index is 407. The highest BCUT2D eigenvalue weighted by Crippen LogP contribution is 2.21. The van der Waals surface area contributed by atoms with Crippen molar-refractivity contribution in [3.8, 4) is 0 Å². The average Bonchev–Trinajstić information content (AvgIpc) is 2.32. The summed E-state index contributed by atoms with van der Waals surface area (Å²) < 4.78 is 0. The van der Waals surface area contributed by atoms with Crippen molar-refractivity contribution in [1.29, 1.82) is 0 Å². The summed E-state index contributed by atoms with van der Waals surface area (Å²) >= 11 is 0. The van der Waals surface area contributed by atoms with E-state index in [1.807, 2.05) is 0 Å². The Morgan fingerprint density at radius 2 is 2.18 bits per heavy atom. The van der Waals surface area contributed by atoms with Crippen molar-refractivity contribution in [2.45, 2.75) is 37.8 Å². The number of amides is 1. The van der Waals surface area contributed by atoms with Gasteiger partial charge in [0.15, 0.2) is 0 Å². The summed E-state index contributed by atoms with van der Waals surface area (Å²) in [4.78, 5) is 15.4. The molecule has 1 amide bonds. The predicted octanol–water partition coefficient (Wildman–Crippen LogP) is 0.862. The van der Waals surface area contributed by atoms with E-state index in [4.69, 9.17) is 11.5 Å². The number of carbonyl (C=O) groups is 1. The highest BCUT2D eigenvalue weighted by atomic mass is 16.1. The minimum absolute atomic E-state index is 0.117. The van der Waals surface area contributed by atoms with Crippen LogP contribution in [0.1, 0.15) is 36.0 Å². The molecule has 5 heteroatoms. The van der Waals surface area contributed by atoms with Crippen LogP contribution in [-0.2, 0) is 0 Å². The molecule has 17 heavy (non-hydrogen) atoms. The van der Waals surface area contributed by atoms with Gasteiger partial charge in [-0.15, -0.1) is 0 Å². The first-order valence-electron chi connectivity index (χ1n) is 5.95. The van der Waals surface area contributed by atoms with Crippen LogP contribution in [0, 0.1) is 0 Å². The number of carbonyl (C=O) groups excluding carboxylic acids is 1. The summed E-state index contributed by atoms with van der Waals surface area (Å²) in [6.07, 6.45) is 5.99. The quantitative estimate of drug-likeness (QED) is 0.723. The van der Waals surface area contributed by atoms with Crippen molar-refractivity contribution in [3.63, 3.8) is 0 Å². The van der Waals surface area contributed by atoms with Crippen molar-refractivity contribution in [2.24, 2.45) is 11.5 Å². The number of primary amides is 1.